The van der Waals surface area contributed by atoms with Crippen LogP contribution in [0.1, 0.15) is 54.4 Å². The molecule has 0 bridgehead atoms. The Balaban J connectivity index is 0.000000253. The number of allylic oxidation sites excluding steroid dienone is 8. The Kier molecular flexibility index (Phi) is 9.23. The van der Waals surface area contributed by atoms with E-state index in [1.54, 1.807) is 0 Å². The molecular formula is C17H24Ti. The van der Waals surface area contributed by atoms with E-state index in [4.69, 9.17) is 0 Å². The van der Waals surface area contributed by atoms with E-state index < -0.39 is 0 Å². The zero-order valence-corrected chi connectivity index (χ0v) is 14.1. The maximum atomic E-state index is 3.19. The van der Waals surface area contributed by atoms with Crippen LogP contribution < -0.4 is 0 Å². The van der Waals surface area contributed by atoms with Gasteiger partial charge in [0.1, 0.15) is 0 Å². The summed E-state index contributed by atoms with van der Waals surface area (Å²) in [6.07, 6.45) is 12.8. The molecule has 18 heavy (non-hydrogen) atoms. The summed E-state index contributed by atoms with van der Waals surface area (Å²) < 4.78 is 1.42. The molecule has 0 heterocycles. The van der Waals surface area contributed by atoms with Gasteiger partial charge in [0, 0.05) is 0 Å². The topological polar surface area (TPSA) is 0 Å². The van der Waals surface area contributed by atoms with E-state index in [0.717, 1.165) is 12.8 Å². The zero-order valence-electron chi connectivity index (χ0n) is 12.6. The third-order valence-electron chi connectivity index (χ3n) is 2.73. The molecule has 2 aliphatic carbocycles. The molecule has 2 rings (SSSR count). The number of hydrogen-bond donors (Lipinski definition) is 0. The Morgan fingerprint density at radius 1 is 0.889 bits per heavy atom. The van der Waals surface area contributed by atoms with E-state index in [1.807, 2.05) is 0 Å². The predicted molar refractivity (Wildman–Crippen MR) is 78.0 cm³/mol. The van der Waals surface area contributed by atoms with Gasteiger partial charge in [-0.05, 0) is 0 Å². The van der Waals surface area contributed by atoms with Gasteiger partial charge in [0.05, 0.1) is 0 Å². The normalized spacial score (nSPS) is 16.4. The van der Waals surface area contributed by atoms with E-state index in [9.17, 15) is 0 Å². The molecule has 0 fully saturated rings. The van der Waals surface area contributed by atoms with Crippen molar-refractivity contribution in [2.75, 3.05) is 0 Å². The average Bonchev–Trinajstić information content (AvgIpc) is 2.79. The van der Waals surface area contributed by atoms with Crippen LogP contribution in [0.5, 0.6) is 0 Å². The molecule has 0 amide bonds. The molecule has 2 aliphatic rings. The van der Waals surface area contributed by atoms with Crippen molar-refractivity contribution in [1.82, 2.24) is 0 Å². The zero-order chi connectivity index (χ0) is 14.1. The second-order valence-electron chi connectivity index (χ2n) is 4.79. The monoisotopic (exact) mass is 276 g/mol. The predicted octanol–water partition coefficient (Wildman–Crippen LogP) is 4.92. The van der Waals surface area contributed by atoms with Gasteiger partial charge in [0.15, 0.2) is 0 Å². The van der Waals surface area contributed by atoms with Gasteiger partial charge in [-0.3, -0.25) is 12.2 Å². The van der Waals surface area contributed by atoms with Gasteiger partial charge >= 0.3 is 37.6 Å². The molecule has 0 unspecified atom stereocenters. The second-order valence-corrected chi connectivity index (χ2v) is 6.35. The van der Waals surface area contributed by atoms with Crippen LogP contribution in [0, 0.1) is 12.2 Å². The van der Waals surface area contributed by atoms with Gasteiger partial charge in [-0.2, -0.15) is 12.2 Å². The molecule has 0 radical (unpaired) electrons. The summed E-state index contributed by atoms with van der Waals surface area (Å²) in [5, 5.41) is 0. The van der Waals surface area contributed by atoms with Crippen LogP contribution in [0.25, 0.3) is 0 Å². The Hall–Kier alpha value is -0.456. The fourth-order valence-electron chi connectivity index (χ4n) is 1.30. The fourth-order valence-corrected chi connectivity index (χ4v) is 1.30. The van der Waals surface area contributed by atoms with Crippen molar-refractivity contribution >= 4 is 3.81 Å². The molecule has 0 N–H and O–H groups in total. The van der Waals surface area contributed by atoms with Crippen molar-refractivity contribution in [3.63, 3.8) is 0 Å². The molecule has 0 aromatic rings. The molecule has 0 aromatic carbocycles. The number of rotatable bonds is 0. The fraction of sp³-hybridized carbons (Fsp3) is 0.471. The van der Waals surface area contributed by atoms with Crippen molar-refractivity contribution < 1.29 is 20.0 Å². The summed E-state index contributed by atoms with van der Waals surface area (Å²) in [6, 6.07) is 0. The minimum absolute atomic E-state index is 1.03. The first kappa shape index (κ1) is 17.5. The van der Waals surface area contributed by atoms with Crippen LogP contribution in [-0.2, 0) is 20.0 Å². The van der Waals surface area contributed by atoms with E-state index in [1.165, 1.54) is 26.1 Å². The summed E-state index contributed by atoms with van der Waals surface area (Å²) in [6.45, 7) is 12.6. The molecule has 0 aromatic heterocycles. The summed E-state index contributed by atoms with van der Waals surface area (Å²) >= 11 is 2.08. The molecule has 0 atom stereocenters. The third kappa shape index (κ3) is 8.61. The second kappa shape index (κ2) is 9.47. The molecule has 1 heteroatoms. The molecule has 0 nitrogen and oxygen atoms in total. The molecular weight excluding hydrogens is 252 g/mol. The van der Waals surface area contributed by atoms with Gasteiger partial charge in [0.2, 0.25) is 0 Å². The van der Waals surface area contributed by atoms with Crippen LogP contribution in [0.15, 0.2) is 34.4 Å². The average molecular weight is 276 g/mol. The quantitative estimate of drug-likeness (QED) is 0.435. The first-order valence-corrected chi connectivity index (χ1v) is 7.13. The molecule has 0 spiro atoms. The molecule has 0 saturated carbocycles. The SMILES string of the molecule is CC1=[C-]CC=C1C.CC1=[C-]CC=C1C.C[C](C)=[Ti+2]. The standard InChI is InChI=1S/2C7H9.C3H6.Ti/c2*1-6-4-3-5-7(6)2;1-3-2;/h2*4H,3H2,1-2H3;1-2H3;/q2*-1;;+2. The van der Waals surface area contributed by atoms with Gasteiger partial charge in [-0.25, -0.2) is 22.3 Å². The summed E-state index contributed by atoms with van der Waals surface area (Å²) in [5.74, 6) is 0. The molecule has 0 saturated heterocycles. The summed E-state index contributed by atoms with van der Waals surface area (Å²) in [5.41, 5.74) is 5.42. The summed E-state index contributed by atoms with van der Waals surface area (Å²) in [4.78, 5) is 0. The van der Waals surface area contributed by atoms with Crippen LogP contribution in [0.3, 0.4) is 0 Å². The van der Waals surface area contributed by atoms with E-state index in [0.29, 0.717) is 0 Å². The first-order valence-electron chi connectivity index (χ1n) is 6.35. The molecule has 96 valence electrons. The number of hydrogen-bond acceptors (Lipinski definition) is 0. The van der Waals surface area contributed by atoms with Crippen molar-refractivity contribution in [3.8, 4) is 0 Å². The van der Waals surface area contributed by atoms with Gasteiger partial charge in [-0.1, -0.05) is 13.8 Å². The van der Waals surface area contributed by atoms with Crippen molar-refractivity contribution in [2.24, 2.45) is 0 Å². The Morgan fingerprint density at radius 2 is 1.17 bits per heavy atom. The van der Waals surface area contributed by atoms with E-state index in [-0.39, 0.29) is 0 Å². The first-order chi connectivity index (χ1) is 8.34. The van der Waals surface area contributed by atoms with Crippen molar-refractivity contribution in [3.05, 3.63) is 46.6 Å². The van der Waals surface area contributed by atoms with Crippen LogP contribution in [0.2, 0.25) is 0 Å². The van der Waals surface area contributed by atoms with Gasteiger partial charge in [-0.15, -0.1) is 26.7 Å². The Bertz CT molecular complexity index is 333. The van der Waals surface area contributed by atoms with Crippen LogP contribution in [0.4, 0.5) is 0 Å². The Morgan fingerprint density at radius 3 is 1.22 bits per heavy atom. The van der Waals surface area contributed by atoms with E-state index in [2.05, 4.69) is 85.8 Å². The van der Waals surface area contributed by atoms with Crippen molar-refractivity contribution in [2.45, 2.75) is 54.4 Å². The molecule has 0 aliphatic heterocycles. The minimum atomic E-state index is 1.03. The summed E-state index contributed by atoms with van der Waals surface area (Å²) in [7, 11) is 0. The van der Waals surface area contributed by atoms with Crippen LogP contribution in [-0.4, -0.2) is 3.81 Å². The van der Waals surface area contributed by atoms with E-state index >= 15 is 0 Å². The van der Waals surface area contributed by atoms with Gasteiger partial charge in [0.25, 0.3) is 0 Å². The third-order valence-corrected chi connectivity index (χ3v) is 2.73. The van der Waals surface area contributed by atoms with Crippen molar-refractivity contribution in [1.29, 1.82) is 0 Å². The Labute approximate surface area is 124 Å². The van der Waals surface area contributed by atoms with Crippen LogP contribution >= 0.6 is 0 Å². The van der Waals surface area contributed by atoms with Gasteiger partial charge < -0.3 is 0 Å². The maximum absolute atomic E-state index is 3.19.